The van der Waals surface area contributed by atoms with Gasteiger partial charge in [-0.05, 0) is 31.0 Å². The van der Waals surface area contributed by atoms with Crippen LogP contribution >= 0.6 is 0 Å². The Bertz CT molecular complexity index is 984. The number of hydrogen-bond acceptors (Lipinski definition) is 3. The second-order valence-electron chi connectivity index (χ2n) is 6.88. The van der Waals surface area contributed by atoms with Crippen LogP contribution in [-0.4, -0.2) is 41.8 Å². The molecule has 1 saturated heterocycles. The predicted octanol–water partition coefficient (Wildman–Crippen LogP) is 3.91. The summed E-state index contributed by atoms with van der Waals surface area (Å²) < 4.78 is 5.30. The maximum absolute atomic E-state index is 13.0. The number of piperidine rings is 1. The molecule has 0 unspecified atom stereocenters. The van der Waals surface area contributed by atoms with Gasteiger partial charge in [0.15, 0.2) is 5.78 Å². The minimum atomic E-state index is -0.0501. The van der Waals surface area contributed by atoms with Crippen LogP contribution in [0.1, 0.15) is 33.6 Å². The summed E-state index contributed by atoms with van der Waals surface area (Å²) in [4.78, 5) is 30.8. The summed E-state index contributed by atoms with van der Waals surface area (Å²) in [5, 5.41) is 0.968. The Kier molecular flexibility index (Phi) is 4.67. The molecule has 27 heavy (non-hydrogen) atoms. The van der Waals surface area contributed by atoms with Crippen molar-refractivity contribution in [3.05, 3.63) is 65.9 Å². The van der Waals surface area contributed by atoms with Crippen LogP contribution in [0.2, 0.25) is 0 Å². The van der Waals surface area contributed by atoms with Crippen molar-refractivity contribution < 1.29 is 14.3 Å². The van der Waals surface area contributed by atoms with E-state index in [9.17, 15) is 9.59 Å². The number of methoxy groups -OCH3 is 1. The van der Waals surface area contributed by atoms with Gasteiger partial charge >= 0.3 is 0 Å². The molecule has 2 heterocycles. The highest BCUT2D eigenvalue weighted by Crippen LogP contribution is 2.28. The number of likely N-dealkylation sites (tertiary alicyclic amines) is 1. The lowest BCUT2D eigenvalue weighted by atomic mass is 9.88. The fourth-order valence-electron chi connectivity index (χ4n) is 3.83. The van der Waals surface area contributed by atoms with Crippen molar-refractivity contribution in [3.63, 3.8) is 0 Å². The van der Waals surface area contributed by atoms with Gasteiger partial charge in [-0.2, -0.15) is 0 Å². The van der Waals surface area contributed by atoms with Crippen LogP contribution in [-0.2, 0) is 0 Å². The fraction of sp³-hybridized carbons (Fsp3) is 0.273. The third kappa shape index (κ3) is 3.21. The first kappa shape index (κ1) is 17.3. The standard InChI is InChI=1S/C22H22N2O3/c1-27-20-9-5-3-7-17(20)22(26)24-12-10-15(11-13-24)21(25)18-14-23-19-8-4-2-6-16(18)19/h2-9,14-15,23H,10-13H2,1H3. The topological polar surface area (TPSA) is 62.4 Å². The van der Waals surface area contributed by atoms with E-state index in [-0.39, 0.29) is 17.6 Å². The first-order chi connectivity index (χ1) is 13.2. The maximum Gasteiger partial charge on any atom is 0.257 e. The van der Waals surface area contributed by atoms with E-state index >= 15 is 0 Å². The van der Waals surface area contributed by atoms with E-state index < -0.39 is 0 Å². The summed E-state index contributed by atoms with van der Waals surface area (Å²) in [6.07, 6.45) is 3.16. The van der Waals surface area contributed by atoms with Gasteiger partial charge in [0.05, 0.1) is 12.7 Å². The lowest BCUT2D eigenvalue weighted by Gasteiger charge is -2.31. The average molecular weight is 362 g/mol. The Morgan fingerprint density at radius 2 is 1.70 bits per heavy atom. The largest absolute Gasteiger partial charge is 0.496 e. The number of carbonyl (C=O) groups is 2. The van der Waals surface area contributed by atoms with Crippen molar-refractivity contribution in [1.29, 1.82) is 0 Å². The van der Waals surface area contributed by atoms with E-state index in [2.05, 4.69) is 4.98 Å². The van der Waals surface area contributed by atoms with Crippen LogP contribution in [0.15, 0.2) is 54.7 Å². The number of rotatable bonds is 4. The summed E-state index contributed by atoms with van der Waals surface area (Å²) >= 11 is 0. The van der Waals surface area contributed by atoms with Gasteiger partial charge in [0.25, 0.3) is 5.91 Å². The van der Waals surface area contributed by atoms with Crippen LogP contribution < -0.4 is 4.74 Å². The summed E-state index contributed by atoms with van der Waals surface area (Å²) in [5.74, 6) is 0.660. The van der Waals surface area contributed by atoms with Crippen LogP contribution in [0.3, 0.4) is 0 Å². The van der Waals surface area contributed by atoms with Crippen LogP contribution in [0.25, 0.3) is 10.9 Å². The second kappa shape index (κ2) is 7.27. The molecule has 1 N–H and O–H groups in total. The maximum atomic E-state index is 13.0. The highest BCUT2D eigenvalue weighted by Gasteiger charge is 2.30. The number of nitrogens with zero attached hydrogens (tertiary/aromatic N) is 1. The average Bonchev–Trinajstić information content (AvgIpc) is 3.17. The second-order valence-corrected chi connectivity index (χ2v) is 6.88. The molecule has 1 amide bonds. The van der Waals surface area contributed by atoms with E-state index in [1.807, 2.05) is 41.3 Å². The van der Waals surface area contributed by atoms with Crippen molar-refractivity contribution in [1.82, 2.24) is 9.88 Å². The molecule has 1 aliphatic rings. The molecular formula is C22H22N2O3. The first-order valence-electron chi connectivity index (χ1n) is 9.21. The molecule has 5 heteroatoms. The molecule has 0 saturated carbocycles. The van der Waals surface area contributed by atoms with E-state index in [1.54, 1.807) is 25.4 Å². The molecule has 0 spiro atoms. The van der Waals surface area contributed by atoms with Gasteiger partial charge in [0.2, 0.25) is 0 Å². The molecule has 1 aromatic heterocycles. The first-order valence-corrected chi connectivity index (χ1v) is 9.21. The monoisotopic (exact) mass is 362 g/mol. The zero-order chi connectivity index (χ0) is 18.8. The van der Waals surface area contributed by atoms with Crippen molar-refractivity contribution in [2.24, 2.45) is 5.92 Å². The molecule has 138 valence electrons. The van der Waals surface area contributed by atoms with Crippen molar-refractivity contribution in [2.45, 2.75) is 12.8 Å². The minimum Gasteiger partial charge on any atom is -0.496 e. The summed E-state index contributed by atoms with van der Waals surface area (Å²) in [5.41, 5.74) is 2.30. The van der Waals surface area contributed by atoms with Crippen molar-refractivity contribution in [2.75, 3.05) is 20.2 Å². The van der Waals surface area contributed by atoms with E-state index in [4.69, 9.17) is 4.74 Å². The number of benzene rings is 2. The van der Waals surface area contributed by atoms with Gasteiger partial charge < -0.3 is 14.6 Å². The molecule has 1 fully saturated rings. The van der Waals surface area contributed by atoms with Gasteiger partial charge in [-0.15, -0.1) is 0 Å². The zero-order valence-corrected chi connectivity index (χ0v) is 15.3. The van der Waals surface area contributed by atoms with E-state index in [0.717, 1.165) is 16.5 Å². The fourth-order valence-corrected chi connectivity index (χ4v) is 3.83. The summed E-state index contributed by atoms with van der Waals surface area (Å²) in [6, 6.07) is 15.1. The Hall–Kier alpha value is -3.08. The van der Waals surface area contributed by atoms with E-state index in [1.165, 1.54) is 0 Å². The van der Waals surface area contributed by atoms with Crippen LogP contribution in [0.5, 0.6) is 5.75 Å². The van der Waals surface area contributed by atoms with Gasteiger partial charge in [0.1, 0.15) is 5.75 Å². The number of aromatic amines is 1. The number of carbonyl (C=O) groups excluding carboxylic acids is 2. The van der Waals surface area contributed by atoms with Crippen LogP contribution in [0, 0.1) is 5.92 Å². The molecule has 4 rings (SSSR count). The molecule has 1 aliphatic heterocycles. The molecule has 3 aromatic rings. The molecule has 5 nitrogen and oxygen atoms in total. The zero-order valence-electron chi connectivity index (χ0n) is 15.3. The Morgan fingerprint density at radius 1 is 1.00 bits per heavy atom. The van der Waals surface area contributed by atoms with Gasteiger partial charge in [-0.25, -0.2) is 0 Å². The number of hydrogen-bond donors (Lipinski definition) is 1. The quantitative estimate of drug-likeness (QED) is 0.716. The van der Waals surface area contributed by atoms with Gasteiger partial charge in [0, 0.05) is 41.7 Å². The lowest BCUT2D eigenvalue weighted by molar-refractivity contribution is 0.0648. The number of para-hydroxylation sites is 2. The summed E-state index contributed by atoms with van der Waals surface area (Å²) in [7, 11) is 1.57. The van der Waals surface area contributed by atoms with Gasteiger partial charge in [-0.1, -0.05) is 30.3 Å². The smallest absolute Gasteiger partial charge is 0.257 e. The third-order valence-electron chi connectivity index (χ3n) is 5.35. The Balaban J connectivity index is 1.46. The molecule has 2 aromatic carbocycles. The Morgan fingerprint density at radius 3 is 2.48 bits per heavy atom. The number of H-pyrrole nitrogens is 1. The number of ether oxygens (including phenoxy) is 1. The number of Topliss-reactive ketones (excluding diaryl/α,β-unsaturated/α-hetero) is 1. The number of nitrogens with one attached hydrogen (secondary N) is 1. The molecule has 0 aliphatic carbocycles. The molecule has 0 atom stereocenters. The summed E-state index contributed by atoms with van der Waals surface area (Å²) in [6.45, 7) is 1.16. The minimum absolute atomic E-state index is 0.0366. The lowest BCUT2D eigenvalue weighted by Crippen LogP contribution is -2.40. The highest BCUT2D eigenvalue weighted by molar-refractivity contribution is 6.09. The number of amides is 1. The highest BCUT2D eigenvalue weighted by atomic mass is 16.5. The Labute approximate surface area is 157 Å². The number of ketones is 1. The van der Waals surface area contributed by atoms with Crippen LogP contribution in [0.4, 0.5) is 0 Å². The molecule has 0 radical (unpaired) electrons. The molecular weight excluding hydrogens is 340 g/mol. The van der Waals surface area contributed by atoms with Gasteiger partial charge in [-0.3, -0.25) is 9.59 Å². The number of aromatic nitrogens is 1. The third-order valence-corrected chi connectivity index (χ3v) is 5.35. The van der Waals surface area contributed by atoms with E-state index in [0.29, 0.717) is 37.2 Å². The van der Waals surface area contributed by atoms with Crippen molar-refractivity contribution >= 4 is 22.6 Å². The predicted molar refractivity (Wildman–Crippen MR) is 104 cm³/mol. The van der Waals surface area contributed by atoms with Crippen molar-refractivity contribution in [3.8, 4) is 5.75 Å². The normalized spacial score (nSPS) is 15.1. The number of fused-ring (bicyclic) bond motifs is 1. The molecule has 0 bridgehead atoms. The SMILES string of the molecule is COc1ccccc1C(=O)N1CCC(C(=O)c2c[nH]c3ccccc23)CC1.